The summed E-state index contributed by atoms with van der Waals surface area (Å²) in [5.41, 5.74) is 1.37. The topological polar surface area (TPSA) is 38.2 Å². The molecule has 2 heterocycles. The fourth-order valence-electron chi connectivity index (χ4n) is 2.95. The Hall–Kier alpha value is -2.10. The van der Waals surface area contributed by atoms with E-state index in [-0.39, 0.29) is 0 Å². The Morgan fingerprint density at radius 3 is 2.81 bits per heavy atom. The zero-order valence-corrected chi connectivity index (χ0v) is 12.4. The van der Waals surface area contributed by atoms with Gasteiger partial charge in [0.05, 0.1) is 13.3 Å². The fraction of sp³-hybridized carbons (Fsp3) is 0.412. The Bertz CT molecular complexity index is 565. The highest BCUT2D eigenvalue weighted by atomic mass is 16.5. The zero-order valence-electron chi connectivity index (χ0n) is 12.4. The van der Waals surface area contributed by atoms with Crippen LogP contribution in [0.25, 0.3) is 0 Å². The maximum atomic E-state index is 5.30. The van der Waals surface area contributed by atoms with Crippen molar-refractivity contribution in [2.45, 2.75) is 19.3 Å². The van der Waals surface area contributed by atoms with E-state index in [4.69, 9.17) is 4.74 Å². The summed E-state index contributed by atoms with van der Waals surface area (Å²) in [4.78, 5) is 10.9. The highest BCUT2D eigenvalue weighted by molar-refractivity contribution is 5.35. The number of methoxy groups -OCH3 is 1. The number of benzene rings is 1. The van der Waals surface area contributed by atoms with Crippen molar-refractivity contribution in [1.82, 2.24) is 9.97 Å². The molecule has 4 nitrogen and oxygen atoms in total. The van der Waals surface area contributed by atoms with Crippen molar-refractivity contribution in [1.29, 1.82) is 0 Å². The molecule has 0 spiro atoms. The molecule has 1 aliphatic heterocycles. The highest BCUT2D eigenvalue weighted by Gasteiger charge is 2.20. The molecule has 0 bridgehead atoms. The van der Waals surface area contributed by atoms with Crippen molar-refractivity contribution in [3.05, 3.63) is 48.4 Å². The lowest BCUT2D eigenvalue weighted by molar-refractivity contribution is 0.397. The Kier molecular flexibility index (Phi) is 4.34. The summed E-state index contributed by atoms with van der Waals surface area (Å²) < 4.78 is 5.30. The molecular weight excluding hydrogens is 262 g/mol. The third kappa shape index (κ3) is 3.51. The minimum Gasteiger partial charge on any atom is -0.497 e. The molecule has 0 atom stereocenters. The molecule has 110 valence electrons. The molecule has 1 aromatic carbocycles. The predicted molar refractivity (Wildman–Crippen MR) is 83.7 cm³/mol. The van der Waals surface area contributed by atoms with Gasteiger partial charge in [0, 0.05) is 25.5 Å². The second kappa shape index (κ2) is 6.57. The molecule has 2 aromatic rings. The first-order chi connectivity index (χ1) is 10.3. The molecular formula is C17H21N3O. The maximum absolute atomic E-state index is 5.30. The number of rotatable bonds is 4. The predicted octanol–water partition coefficient (Wildman–Crippen LogP) is 2.94. The summed E-state index contributed by atoms with van der Waals surface area (Å²) in [5.74, 6) is 2.69. The molecule has 0 saturated carbocycles. The third-order valence-electron chi connectivity index (χ3n) is 4.15. The molecule has 0 N–H and O–H groups in total. The number of hydrogen-bond donors (Lipinski definition) is 0. The number of hydrogen-bond acceptors (Lipinski definition) is 4. The van der Waals surface area contributed by atoms with E-state index in [9.17, 15) is 0 Å². The second-order valence-corrected chi connectivity index (χ2v) is 5.55. The van der Waals surface area contributed by atoms with Crippen LogP contribution >= 0.6 is 0 Å². The Morgan fingerprint density at radius 1 is 1.24 bits per heavy atom. The lowest BCUT2D eigenvalue weighted by atomic mass is 9.90. The summed E-state index contributed by atoms with van der Waals surface area (Å²) >= 11 is 0. The summed E-state index contributed by atoms with van der Waals surface area (Å²) in [7, 11) is 1.72. The van der Waals surface area contributed by atoms with Crippen LogP contribution in [0.1, 0.15) is 18.4 Å². The van der Waals surface area contributed by atoms with Gasteiger partial charge in [-0.3, -0.25) is 4.98 Å². The Morgan fingerprint density at radius 2 is 2.10 bits per heavy atom. The molecule has 3 rings (SSSR count). The van der Waals surface area contributed by atoms with Crippen LogP contribution in [0.2, 0.25) is 0 Å². The van der Waals surface area contributed by atoms with Crippen molar-refractivity contribution < 1.29 is 4.74 Å². The Balaban J connectivity index is 1.56. The quantitative estimate of drug-likeness (QED) is 0.864. The summed E-state index contributed by atoms with van der Waals surface area (Å²) in [6, 6.07) is 8.41. The van der Waals surface area contributed by atoms with Gasteiger partial charge in [-0.15, -0.1) is 0 Å². The molecule has 0 aliphatic carbocycles. The SMILES string of the molecule is COc1cccc(CC2CCN(c3cnccn3)CC2)c1. The molecule has 4 heteroatoms. The van der Waals surface area contributed by atoms with Gasteiger partial charge in [0.15, 0.2) is 0 Å². The lowest BCUT2D eigenvalue weighted by Gasteiger charge is -2.32. The first-order valence-electron chi connectivity index (χ1n) is 7.49. The number of aromatic nitrogens is 2. The number of ether oxygens (including phenoxy) is 1. The molecule has 0 amide bonds. The normalized spacial score (nSPS) is 16.0. The van der Waals surface area contributed by atoms with E-state index in [1.165, 1.54) is 18.4 Å². The van der Waals surface area contributed by atoms with Crippen LogP contribution in [-0.2, 0) is 6.42 Å². The van der Waals surface area contributed by atoms with Gasteiger partial charge in [-0.05, 0) is 42.9 Å². The minimum absolute atomic E-state index is 0.741. The molecule has 0 radical (unpaired) electrons. The highest BCUT2D eigenvalue weighted by Crippen LogP contribution is 2.25. The van der Waals surface area contributed by atoms with Crippen molar-refractivity contribution in [2.24, 2.45) is 5.92 Å². The van der Waals surface area contributed by atoms with Crippen LogP contribution in [-0.4, -0.2) is 30.2 Å². The van der Waals surface area contributed by atoms with Crippen molar-refractivity contribution >= 4 is 5.82 Å². The maximum Gasteiger partial charge on any atom is 0.147 e. The first-order valence-corrected chi connectivity index (χ1v) is 7.49. The van der Waals surface area contributed by atoms with Gasteiger partial charge in [0.25, 0.3) is 0 Å². The molecule has 1 saturated heterocycles. The average molecular weight is 283 g/mol. The molecule has 21 heavy (non-hydrogen) atoms. The van der Waals surface area contributed by atoms with Gasteiger partial charge >= 0.3 is 0 Å². The van der Waals surface area contributed by atoms with Gasteiger partial charge in [-0.2, -0.15) is 0 Å². The number of piperidine rings is 1. The van der Waals surface area contributed by atoms with Crippen LogP contribution in [0.15, 0.2) is 42.9 Å². The first kappa shape index (κ1) is 13.9. The molecule has 0 unspecified atom stereocenters. The minimum atomic E-state index is 0.741. The smallest absolute Gasteiger partial charge is 0.147 e. The second-order valence-electron chi connectivity index (χ2n) is 5.55. The van der Waals surface area contributed by atoms with Gasteiger partial charge in [0.2, 0.25) is 0 Å². The van der Waals surface area contributed by atoms with Crippen LogP contribution in [0.5, 0.6) is 5.75 Å². The Labute approximate surface area is 125 Å². The van der Waals surface area contributed by atoms with E-state index in [0.717, 1.165) is 37.0 Å². The van der Waals surface area contributed by atoms with Crippen LogP contribution in [0.4, 0.5) is 5.82 Å². The van der Waals surface area contributed by atoms with Gasteiger partial charge in [-0.1, -0.05) is 12.1 Å². The van der Waals surface area contributed by atoms with E-state index in [1.807, 2.05) is 12.3 Å². The van der Waals surface area contributed by atoms with Gasteiger partial charge in [-0.25, -0.2) is 4.98 Å². The van der Waals surface area contributed by atoms with Crippen molar-refractivity contribution in [2.75, 3.05) is 25.1 Å². The van der Waals surface area contributed by atoms with E-state index in [0.29, 0.717) is 0 Å². The number of nitrogens with zero attached hydrogens (tertiary/aromatic N) is 3. The van der Waals surface area contributed by atoms with Crippen LogP contribution in [0.3, 0.4) is 0 Å². The van der Waals surface area contributed by atoms with Crippen molar-refractivity contribution in [3.63, 3.8) is 0 Å². The summed E-state index contributed by atoms with van der Waals surface area (Å²) in [6.07, 6.45) is 8.87. The third-order valence-corrected chi connectivity index (χ3v) is 4.15. The monoisotopic (exact) mass is 283 g/mol. The van der Waals surface area contributed by atoms with Crippen molar-refractivity contribution in [3.8, 4) is 5.75 Å². The summed E-state index contributed by atoms with van der Waals surface area (Å²) in [5, 5.41) is 0. The van der Waals surface area contributed by atoms with Gasteiger partial charge < -0.3 is 9.64 Å². The van der Waals surface area contributed by atoms with Crippen LogP contribution < -0.4 is 9.64 Å². The van der Waals surface area contributed by atoms with Gasteiger partial charge in [0.1, 0.15) is 11.6 Å². The van der Waals surface area contributed by atoms with E-state index in [2.05, 4.69) is 33.1 Å². The summed E-state index contributed by atoms with van der Waals surface area (Å²) in [6.45, 7) is 2.13. The molecule has 1 aliphatic rings. The molecule has 1 fully saturated rings. The largest absolute Gasteiger partial charge is 0.497 e. The van der Waals surface area contributed by atoms with E-state index < -0.39 is 0 Å². The van der Waals surface area contributed by atoms with Crippen LogP contribution in [0, 0.1) is 5.92 Å². The fourth-order valence-corrected chi connectivity index (χ4v) is 2.95. The lowest BCUT2D eigenvalue weighted by Crippen LogP contribution is -2.34. The number of anilines is 1. The average Bonchev–Trinajstić information content (AvgIpc) is 2.56. The molecule has 1 aromatic heterocycles. The zero-order chi connectivity index (χ0) is 14.5. The van der Waals surface area contributed by atoms with E-state index >= 15 is 0 Å². The standard InChI is InChI=1S/C17H21N3O/c1-21-16-4-2-3-15(12-16)11-14-5-9-20(10-6-14)17-13-18-7-8-19-17/h2-4,7-8,12-14H,5-6,9-11H2,1H3. The van der Waals surface area contributed by atoms with E-state index in [1.54, 1.807) is 19.5 Å².